The topological polar surface area (TPSA) is 71.9 Å². The molecular formula is C19H25N4O3+. The molecule has 2 aliphatic heterocycles. The van der Waals surface area contributed by atoms with E-state index in [-0.39, 0.29) is 11.5 Å². The first-order chi connectivity index (χ1) is 12.6. The van der Waals surface area contributed by atoms with Gasteiger partial charge in [-0.3, -0.25) is 9.78 Å². The second kappa shape index (κ2) is 6.99. The number of nitrogens with zero attached hydrogens (tertiary/aromatic N) is 2. The van der Waals surface area contributed by atoms with Gasteiger partial charge in [0, 0.05) is 11.6 Å². The average molecular weight is 357 g/mol. The molecule has 1 aromatic heterocycles. The van der Waals surface area contributed by atoms with Gasteiger partial charge in [-0.25, -0.2) is 4.98 Å². The molecule has 0 radical (unpaired) electrons. The average Bonchev–Trinajstić information content (AvgIpc) is 3.09. The van der Waals surface area contributed by atoms with Crippen LogP contribution in [0.15, 0.2) is 29.1 Å². The summed E-state index contributed by atoms with van der Waals surface area (Å²) in [6.07, 6.45) is 0. The van der Waals surface area contributed by atoms with E-state index in [0.717, 1.165) is 49.9 Å². The lowest BCUT2D eigenvalue weighted by atomic mass is 10.1. The molecule has 2 aliphatic rings. The van der Waals surface area contributed by atoms with Crippen LogP contribution < -0.4 is 24.8 Å². The predicted octanol–water partition coefficient (Wildman–Crippen LogP) is 0.527. The molecule has 7 nitrogen and oxygen atoms in total. The van der Waals surface area contributed by atoms with Crippen LogP contribution in [-0.2, 0) is 6.54 Å². The molecular weight excluding hydrogens is 332 g/mol. The molecule has 0 bridgehead atoms. The Labute approximate surface area is 152 Å². The van der Waals surface area contributed by atoms with Gasteiger partial charge in [-0.1, -0.05) is 13.8 Å². The number of aromatic amines is 1. The first-order valence-electron chi connectivity index (χ1n) is 9.17. The molecule has 2 N–H and O–H groups in total. The molecule has 138 valence electrons. The SMILES string of the molecule is CC(C)c1cc(=O)[nH]c(N2CC[NH+](Cc3ccc4c(c3)OCO4)CC2)n1. The van der Waals surface area contributed by atoms with Crippen LogP contribution in [0.2, 0.25) is 0 Å². The number of H-pyrrole nitrogens is 1. The minimum atomic E-state index is -0.0752. The highest BCUT2D eigenvalue weighted by atomic mass is 16.7. The molecule has 1 aromatic carbocycles. The van der Waals surface area contributed by atoms with Crippen molar-refractivity contribution in [1.29, 1.82) is 0 Å². The van der Waals surface area contributed by atoms with E-state index in [2.05, 4.69) is 40.8 Å². The van der Waals surface area contributed by atoms with Gasteiger partial charge in [-0.05, 0) is 24.1 Å². The number of benzene rings is 1. The molecule has 26 heavy (non-hydrogen) atoms. The summed E-state index contributed by atoms with van der Waals surface area (Å²) in [6.45, 7) is 9.15. The number of fused-ring (bicyclic) bond motifs is 1. The Kier molecular flexibility index (Phi) is 4.55. The van der Waals surface area contributed by atoms with E-state index in [4.69, 9.17) is 9.47 Å². The molecule has 0 unspecified atom stereocenters. The monoisotopic (exact) mass is 357 g/mol. The third-order valence-electron chi connectivity index (χ3n) is 5.00. The van der Waals surface area contributed by atoms with Gasteiger partial charge in [-0.15, -0.1) is 0 Å². The van der Waals surface area contributed by atoms with Gasteiger partial charge in [-0.2, -0.15) is 0 Å². The Hall–Kier alpha value is -2.54. The van der Waals surface area contributed by atoms with Gasteiger partial charge in [0.1, 0.15) is 6.54 Å². The largest absolute Gasteiger partial charge is 0.454 e. The fraction of sp³-hybridized carbons (Fsp3) is 0.474. The van der Waals surface area contributed by atoms with Crippen LogP contribution in [0.5, 0.6) is 11.5 Å². The maximum absolute atomic E-state index is 11.9. The molecule has 2 aromatic rings. The van der Waals surface area contributed by atoms with Crippen molar-refractivity contribution in [2.75, 3.05) is 37.9 Å². The summed E-state index contributed by atoms with van der Waals surface area (Å²) in [5, 5.41) is 0. The smallest absolute Gasteiger partial charge is 0.252 e. The molecule has 1 saturated heterocycles. The first-order valence-corrected chi connectivity index (χ1v) is 9.17. The minimum absolute atomic E-state index is 0.0752. The Morgan fingerprint density at radius 2 is 1.96 bits per heavy atom. The Bertz CT molecular complexity index is 841. The van der Waals surface area contributed by atoms with Crippen LogP contribution in [0.3, 0.4) is 0 Å². The first kappa shape index (κ1) is 16.9. The lowest BCUT2D eigenvalue weighted by Crippen LogP contribution is -3.13. The minimum Gasteiger partial charge on any atom is -0.454 e. The Morgan fingerprint density at radius 1 is 1.19 bits per heavy atom. The summed E-state index contributed by atoms with van der Waals surface area (Å²) >= 11 is 0. The summed E-state index contributed by atoms with van der Waals surface area (Å²) < 4.78 is 10.8. The van der Waals surface area contributed by atoms with Crippen molar-refractivity contribution in [1.82, 2.24) is 9.97 Å². The van der Waals surface area contributed by atoms with Crippen molar-refractivity contribution in [3.63, 3.8) is 0 Å². The number of hydrogen-bond donors (Lipinski definition) is 2. The van der Waals surface area contributed by atoms with Crippen LogP contribution >= 0.6 is 0 Å². The summed E-state index contributed by atoms with van der Waals surface area (Å²) in [6, 6.07) is 7.76. The fourth-order valence-corrected chi connectivity index (χ4v) is 3.46. The van der Waals surface area contributed by atoms with Gasteiger partial charge in [0.15, 0.2) is 11.5 Å². The molecule has 1 fully saturated rings. The van der Waals surface area contributed by atoms with Crippen LogP contribution in [0.4, 0.5) is 5.95 Å². The number of ether oxygens (including phenoxy) is 2. The summed E-state index contributed by atoms with van der Waals surface area (Å²) in [4.78, 5) is 23.1. The number of quaternary nitrogens is 1. The lowest BCUT2D eigenvalue weighted by Gasteiger charge is -2.32. The van der Waals surface area contributed by atoms with Crippen LogP contribution in [-0.4, -0.2) is 42.9 Å². The van der Waals surface area contributed by atoms with Crippen molar-refractivity contribution in [2.24, 2.45) is 0 Å². The van der Waals surface area contributed by atoms with E-state index >= 15 is 0 Å². The summed E-state index contributed by atoms with van der Waals surface area (Å²) in [5.74, 6) is 2.61. The highest BCUT2D eigenvalue weighted by Crippen LogP contribution is 2.32. The van der Waals surface area contributed by atoms with Gasteiger partial charge >= 0.3 is 0 Å². The van der Waals surface area contributed by atoms with Gasteiger partial charge in [0.2, 0.25) is 12.7 Å². The third-order valence-corrected chi connectivity index (χ3v) is 5.00. The van der Waals surface area contributed by atoms with Crippen LogP contribution in [0.25, 0.3) is 0 Å². The number of rotatable bonds is 4. The predicted molar refractivity (Wildman–Crippen MR) is 98.1 cm³/mol. The maximum atomic E-state index is 11.9. The molecule has 4 rings (SSSR count). The van der Waals surface area contributed by atoms with Gasteiger partial charge < -0.3 is 19.3 Å². The van der Waals surface area contributed by atoms with E-state index in [1.807, 2.05) is 6.07 Å². The van der Waals surface area contributed by atoms with Crippen molar-refractivity contribution >= 4 is 5.95 Å². The highest BCUT2D eigenvalue weighted by Gasteiger charge is 2.23. The summed E-state index contributed by atoms with van der Waals surface area (Å²) in [7, 11) is 0. The van der Waals surface area contributed by atoms with E-state index in [1.54, 1.807) is 6.07 Å². The molecule has 3 heterocycles. The van der Waals surface area contributed by atoms with Gasteiger partial charge in [0.25, 0.3) is 5.56 Å². The molecule has 0 aliphatic carbocycles. The third kappa shape index (κ3) is 3.53. The van der Waals surface area contributed by atoms with Crippen molar-refractivity contribution in [2.45, 2.75) is 26.3 Å². The van der Waals surface area contributed by atoms with E-state index in [9.17, 15) is 4.79 Å². The van der Waals surface area contributed by atoms with Crippen molar-refractivity contribution < 1.29 is 14.4 Å². The zero-order valence-corrected chi connectivity index (χ0v) is 15.2. The number of nitrogens with one attached hydrogen (secondary N) is 2. The van der Waals surface area contributed by atoms with E-state index in [0.29, 0.717) is 12.7 Å². The normalized spacial score (nSPS) is 17.1. The van der Waals surface area contributed by atoms with Crippen molar-refractivity contribution in [3.05, 3.63) is 45.9 Å². The number of hydrogen-bond acceptors (Lipinski definition) is 5. The lowest BCUT2D eigenvalue weighted by molar-refractivity contribution is -0.914. The van der Waals surface area contributed by atoms with E-state index in [1.165, 1.54) is 10.5 Å². The maximum Gasteiger partial charge on any atom is 0.252 e. The highest BCUT2D eigenvalue weighted by molar-refractivity contribution is 5.44. The number of anilines is 1. The zero-order chi connectivity index (χ0) is 18.1. The van der Waals surface area contributed by atoms with Gasteiger partial charge in [0.05, 0.1) is 31.9 Å². The standard InChI is InChI=1S/C19H24N4O3/c1-13(2)15-10-18(24)21-19(20-15)23-7-5-22(6-8-23)11-14-3-4-16-17(9-14)26-12-25-16/h3-4,9-10,13H,5-8,11-12H2,1-2H3,(H,20,21,24)/p+1. The Balaban J connectivity index is 1.39. The number of piperazine rings is 1. The molecule has 0 atom stereocenters. The fourth-order valence-electron chi connectivity index (χ4n) is 3.46. The quantitative estimate of drug-likeness (QED) is 0.835. The molecule has 7 heteroatoms. The zero-order valence-electron chi connectivity index (χ0n) is 15.2. The van der Waals surface area contributed by atoms with Crippen LogP contribution in [0.1, 0.15) is 31.0 Å². The van der Waals surface area contributed by atoms with Crippen molar-refractivity contribution in [3.8, 4) is 11.5 Å². The van der Waals surface area contributed by atoms with E-state index < -0.39 is 0 Å². The number of aromatic nitrogens is 2. The summed E-state index contributed by atoms with van der Waals surface area (Å²) in [5.41, 5.74) is 2.03. The van der Waals surface area contributed by atoms with Crippen LogP contribution in [0, 0.1) is 0 Å². The second-order valence-electron chi connectivity index (χ2n) is 7.25. The molecule has 0 amide bonds. The molecule has 0 saturated carbocycles. The Morgan fingerprint density at radius 3 is 2.73 bits per heavy atom. The second-order valence-corrected chi connectivity index (χ2v) is 7.25. The molecule has 0 spiro atoms.